The van der Waals surface area contributed by atoms with Crippen LogP contribution in [0.4, 0.5) is 0 Å². The predicted octanol–water partition coefficient (Wildman–Crippen LogP) is 1.99. The second-order valence-electron chi connectivity index (χ2n) is 5.71. The smallest absolute Gasteiger partial charge is 0.254 e. The molecule has 1 fully saturated rings. The summed E-state index contributed by atoms with van der Waals surface area (Å²) in [4.78, 5) is 16.0. The second-order valence-corrected chi connectivity index (χ2v) is 6.63. The number of amides is 1. The van der Waals surface area contributed by atoms with E-state index in [2.05, 4.69) is 40.2 Å². The summed E-state index contributed by atoms with van der Waals surface area (Å²) in [5.41, 5.74) is 2.14. The molecule has 1 heterocycles. The van der Waals surface area contributed by atoms with Crippen LogP contribution in [0, 0.1) is 0 Å². The Kier molecular flexibility index (Phi) is 4.90. The normalized spacial score (nSPS) is 15.8. The highest BCUT2D eigenvalue weighted by Crippen LogP contribution is 2.12. The van der Waals surface area contributed by atoms with E-state index in [-0.39, 0.29) is 5.91 Å². The maximum Gasteiger partial charge on any atom is 0.254 e. The fourth-order valence-electron chi connectivity index (χ4n) is 2.86. The first-order chi connectivity index (χ1) is 10.7. The molecule has 114 valence electrons. The van der Waals surface area contributed by atoms with Crippen LogP contribution in [0.1, 0.15) is 15.9 Å². The average Bonchev–Trinajstić information content (AvgIpc) is 2.57. The Bertz CT molecular complexity index is 619. The number of nitrogens with zero attached hydrogens (tertiary/aromatic N) is 1. The predicted molar refractivity (Wildman–Crippen MR) is 90.9 cm³/mol. The molecule has 22 heavy (non-hydrogen) atoms. The third-order valence-corrected chi connectivity index (χ3v) is 4.67. The Morgan fingerprint density at radius 1 is 1.00 bits per heavy atom. The van der Waals surface area contributed by atoms with Crippen molar-refractivity contribution in [3.63, 3.8) is 0 Å². The summed E-state index contributed by atoms with van der Waals surface area (Å²) in [7, 11) is 0. The van der Waals surface area contributed by atoms with E-state index in [1.165, 1.54) is 5.56 Å². The molecule has 1 amide bonds. The first-order valence-corrected chi connectivity index (χ1v) is 8.44. The van der Waals surface area contributed by atoms with Gasteiger partial charge in [-0.3, -0.25) is 4.79 Å². The molecular formula is C18H20BrN2O+. The molecule has 1 aliphatic heterocycles. The molecule has 2 aromatic rings. The van der Waals surface area contributed by atoms with Gasteiger partial charge in [-0.25, -0.2) is 0 Å². The van der Waals surface area contributed by atoms with Gasteiger partial charge < -0.3 is 9.80 Å². The summed E-state index contributed by atoms with van der Waals surface area (Å²) >= 11 is 3.40. The highest BCUT2D eigenvalue weighted by atomic mass is 79.9. The quantitative estimate of drug-likeness (QED) is 0.890. The lowest BCUT2D eigenvalue weighted by Gasteiger charge is -2.32. The lowest BCUT2D eigenvalue weighted by atomic mass is 10.1. The summed E-state index contributed by atoms with van der Waals surface area (Å²) in [5.74, 6) is 0.145. The van der Waals surface area contributed by atoms with E-state index in [1.807, 2.05) is 35.2 Å². The number of carbonyl (C=O) groups is 1. The number of carbonyl (C=O) groups excluding carboxylic acids is 1. The number of quaternary nitrogens is 1. The standard InChI is InChI=1S/C18H19BrN2O/c19-17-8-6-16(7-9-17)18(22)21-12-10-20(11-13-21)14-15-4-2-1-3-5-15/h1-9H,10-14H2/p+1. The zero-order chi connectivity index (χ0) is 15.4. The SMILES string of the molecule is O=C(c1ccc(Br)cc1)N1CC[NH+](Cc2ccccc2)CC1. The van der Waals surface area contributed by atoms with Crippen molar-refractivity contribution in [2.45, 2.75) is 6.54 Å². The fraction of sp³-hybridized carbons (Fsp3) is 0.278. The molecule has 0 aliphatic carbocycles. The minimum absolute atomic E-state index is 0.145. The molecule has 0 unspecified atom stereocenters. The van der Waals surface area contributed by atoms with Gasteiger partial charge in [-0.05, 0) is 24.3 Å². The average molecular weight is 360 g/mol. The van der Waals surface area contributed by atoms with E-state index < -0.39 is 0 Å². The molecule has 1 N–H and O–H groups in total. The van der Waals surface area contributed by atoms with E-state index in [1.54, 1.807) is 4.90 Å². The third kappa shape index (κ3) is 3.76. The Labute approximate surface area is 139 Å². The van der Waals surface area contributed by atoms with Gasteiger partial charge in [0.25, 0.3) is 5.91 Å². The topological polar surface area (TPSA) is 24.8 Å². The highest BCUT2D eigenvalue weighted by Gasteiger charge is 2.24. The molecule has 1 saturated heterocycles. The lowest BCUT2D eigenvalue weighted by molar-refractivity contribution is -0.917. The van der Waals surface area contributed by atoms with E-state index >= 15 is 0 Å². The summed E-state index contributed by atoms with van der Waals surface area (Å²) in [6.07, 6.45) is 0. The Balaban J connectivity index is 1.55. The maximum absolute atomic E-state index is 12.5. The second kappa shape index (κ2) is 7.07. The molecule has 0 saturated carbocycles. The molecule has 0 aromatic heterocycles. The third-order valence-electron chi connectivity index (χ3n) is 4.15. The van der Waals surface area contributed by atoms with Crippen molar-refractivity contribution in [1.82, 2.24) is 4.90 Å². The Morgan fingerprint density at radius 2 is 1.64 bits per heavy atom. The first-order valence-electron chi connectivity index (χ1n) is 7.65. The summed E-state index contributed by atoms with van der Waals surface area (Å²) < 4.78 is 1.00. The van der Waals surface area contributed by atoms with Crippen LogP contribution in [-0.2, 0) is 6.54 Å². The van der Waals surface area contributed by atoms with Gasteiger partial charge >= 0.3 is 0 Å². The molecule has 0 spiro atoms. The highest BCUT2D eigenvalue weighted by molar-refractivity contribution is 9.10. The maximum atomic E-state index is 12.5. The van der Waals surface area contributed by atoms with Crippen molar-refractivity contribution in [3.8, 4) is 0 Å². The van der Waals surface area contributed by atoms with Crippen molar-refractivity contribution in [1.29, 1.82) is 0 Å². The minimum atomic E-state index is 0.145. The van der Waals surface area contributed by atoms with Crippen LogP contribution in [0.25, 0.3) is 0 Å². The van der Waals surface area contributed by atoms with Crippen molar-refractivity contribution in [2.24, 2.45) is 0 Å². The largest absolute Gasteiger partial charge is 0.328 e. The van der Waals surface area contributed by atoms with Gasteiger partial charge in [-0.1, -0.05) is 46.3 Å². The fourth-order valence-corrected chi connectivity index (χ4v) is 3.13. The van der Waals surface area contributed by atoms with E-state index in [0.29, 0.717) is 0 Å². The molecule has 2 aromatic carbocycles. The number of halogens is 1. The van der Waals surface area contributed by atoms with Crippen LogP contribution < -0.4 is 4.90 Å². The summed E-state index contributed by atoms with van der Waals surface area (Å²) in [6.45, 7) is 4.73. The van der Waals surface area contributed by atoms with Gasteiger partial charge in [0.05, 0.1) is 26.2 Å². The molecule has 3 rings (SSSR count). The first kappa shape index (κ1) is 15.3. The molecule has 3 nitrogen and oxygen atoms in total. The van der Waals surface area contributed by atoms with Crippen LogP contribution >= 0.6 is 15.9 Å². The number of piperazine rings is 1. The lowest BCUT2D eigenvalue weighted by Crippen LogP contribution is -3.13. The minimum Gasteiger partial charge on any atom is -0.328 e. The van der Waals surface area contributed by atoms with E-state index in [0.717, 1.165) is 42.8 Å². The van der Waals surface area contributed by atoms with Gasteiger partial charge in [-0.15, -0.1) is 0 Å². The number of hydrogen-bond acceptors (Lipinski definition) is 1. The number of hydrogen-bond donors (Lipinski definition) is 1. The van der Waals surface area contributed by atoms with Crippen LogP contribution in [-0.4, -0.2) is 37.0 Å². The van der Waals surface area contributed by atoms with Crippen LogP contribution in [0.2, 0.25) is 0 Å². The van der Waals surface area contributed by atoms with Crippen molar-refractivity contribution in [3.05, 3.63) is 70.2 Å². The molecular weight excluding hydrogens is 340 g/mol. The molecule has 1 aliphatic rings. The van der Waals surface area contributed by atoms with Crippen molar-refractivity contribution >= 4 is 21.8 Å². The molecule has 4 heteroatoms. The molecule has 0 bridgehead atoms. The number of benzene rings is 2. The monoisotopic (exact) mass is 359 g/mol. The Hall–Kier alpha value is -1.65. The zero-order valence-corrected chi connectivity index (χ0v) is 14.1. The van der Waals surface area contributed by atoms with Gasteiger partial charge in [0.1, 0.15) is 6.54 Å². The summed E-state index contributed by atoms with van der Waals surface area (Å²) in [6, 6.07) is 18.2. The Morgan fingerprint density at radius 3 is 2.27 bits per heavy atom. The van der Waals surface area contributed by atoms with Crippen LogP contribution in [0.5, 0.6) is 0 Å². The van der Waals surface area contributed by atoms with Gasteiger partial charge in [0, 0.05) is 15.6 Å². The van der Waals surface area contributed by atoms with Crippen LogP contribution in [0.3, 0.4) is 0 Å². The zero-order valence-electron chi connectivity index (χ0n) is 12.5. The number of nitrogens with one attached hydrogen (secondary N) is 1. The van der Waals surface area contributed by atoms with Gasteiger partial charge in [0.2, 0.25) is 0 Å². The van der Waals surface area contributed by atoms with Gasteiger partial charge in [0.15, 0.2) is 0 Å². The molecule has 0 radical (unpaired) electrons. The van der Waals surface area contributed by atoms with Crippen LogP contribution in [0.15, 0.2) is 59.1 Å². The van der Waals surface area contributed by atoms with Crippen molar-refractivity contribution in [2.75, 3.05) is 26.2 Å². The van der Waals surface area contributed by atoms with E-state index in [4.69, 9.17) is 0 Å². The molecule has 0 atom stereocenters. The number of rotatable bonds is 3. The van der Waals surface area contributed by atoms with Gasteiger partial charge in [-0.2, -0.15) is 0 Å². The summed E-state index contributed by atoms with van der Waals surface area (Å²) in [5, 5.41) is 0. The van der Waals surface area contributed by atoms with Crippen molar-refractivity contribution < 1.29 is 9.69 Å². The van der Waals surface area contributed by atoms with E-state index in [9.17, 15) is 4.79 Å².